The van der Waals surface area contributed by atoms with Crippen molar-refractivity contribution in [3.8, 4) is 50.7 Å². The first kappa shape index (κ1) is 30.3. The molecule has 1 aliphatic heterocycles. The van der Waals surface area contributed by atoms with Crippen LogP contribution in [0.25, 0.3) is 83.3 Å². The highest BCUT2D eigenvalue weighted by Gasteiger charge is 2.29. The monoisotopic (exact) mass is 689 g/mol. The molecule has 0 saturated carbocycles. The van der Waals surface area contributed by atoms with E-state index in [1.807, 2.05) is 6.07 Å². The number of nitrogens with zero attached hydrogens (tertiary/aromatic N) is 5. The molecular weight excluding hydrogens is 659 g/mol. The molecular formula is C49H31N5. The van der Waals surface area contributed by atoms with E-state index >= 15 is 0 Å². The molecule has 0 spiro atoms. The van der Waals surface area contributed by atoms with Gasteiger partial charge in [0, 0.05) is 38.5 Å². The Morgan fingerprint density at radius 3 is 1.87 bits per heavy atom. The normalized spacial score (nSPS) is 12.0. The molecule has 8 aromatic carbocycles. The first-order valence-corrected chi connectivity index (χ1v) is 18.2. The number of fused-ring (bicyclic) bond motifs is 5. The predicted octanol–water partition coefficient (Wildman–Crippen LogP) is 12.6. The molecule has 0 N–H and O–H groups in total. The van der Waals surface area contributed by atoms with E-state index in [2.05, 4.69) is 191 Å². The van der Waals surface area contributed by atoms with Crippen LogP contribution in [0.2, 0.25) is 0 Å². The fourth-order valence-corrected chi connectivity index (χ4v) is 8.22. The minimum absolute atomic E-state index is 0.568. The maximum absolute atomic E-state index is 5.43. The lowest BCUT2D eigenvalue weighted by Crippen LogP contribution is -2.18. The van der Waals surface area contributed by atoms with Gasteiger partial charge < -0.3 is 4.57 Å². The average molecular weight is 690 g/mol. The van der Waals surface area contributed by atoms with Crippen molar-refractivity contribution in [1.82, 2.24) is 19.5 Å². The van der Waals surface area contributed by atoms with Crippen molar-refractivity contribution in [1.29, 1.82) is 0 Å². The van der Waals surface area contributed by atoms with Crippen molar-refractivity contribution in [2.45, 2.75) is 0 Å². The van der Waals surface area contributed by atoms with Crippen molar-refractivity contribution in [3.05, 3.63) is 188 Å². The van der Waals surface area contributed by atoms with Crippen LogP contribution in [-0.4, -0.2) is 19.5 Å². The summed E-state index contributed by atoms with van der Waals surface area (Å²) < 4.78 is 2.33. The summed E-state index contributed by atoms with van der Waals surface area (Å²) in [5, 5.41) is 4.60. The Bertz CT molecular complexity index is 3050. The highest BCUT2D eigenvalue weighted by molar-refractivity contribution is 6.16. The molecule has 0 atom stereocenters. The van der Waals surface area contributed by atoms with E-state index in [1.165, 1.54) is 16.3 Å². The Morgan fingerprint density at radius 1 is 0.370 bits per heavy atom. The van der Waals surface area contributed by atoms with Gasteiger partial charge in [-0.2, -0.15) is 9.97 Å². The number of para-hydroxylation sites is 3. The Hall–Kier alpha value is -7.37. The van der Waals surface area contributed by atoms with Gasteiger partial charge in [0.1, 0.15) is 0 Å². The minimum Gasteiger partial charge on any atom is -0.309 e. The van der Waals surface area contributed by atoms with E-state index in [9.17, 15) is 0 Å². The molecule has 0 unspecified atom stereocenters. The highest BCUT2D eigenvalue weighted by Crippen LogP contribution is 2.50. The molecule has 2 aromatic heterocycles. The summed E-state index contributed by atoms with van der Waals surface area (Å²) in [7, 11) is 0. The molecule has 5 nitrogen and oxygen atoms in total. The summed E-state index contributed by atoms with van der Waals surface area (Å²) in [5.41, 5.74) is 11.9. The van der Waals surface area contributed by atoms with Crippen molar-refractivity contribution in [2.75, 3.05) is 4.90 Å². The van der Waals surface area contributed by atoms with E-state index < -0.39 is 0 Å². The quantitative estimate of drug-likeness (QED) is 0.180. The van der Waals surface area contributed by atoms with Crippen molar-refractivity contribution < 1.29 is 0 Å². The molecule has 54 heavy (non-hydrogen) atoms. The smallest absolute Gasteiger partial charge is 0.238 e. The van der Waals surface area contributed by atoms with Crippen LogP contribution >= 0.6 is 0 Å². The second-order valence-electron chi connectivity index (χ2n) is 13.7. The van der Waals surface area contributed by atoms with Gasteiger partial charge in [0.25, 0.3) is 0 Å². The number of hydrogen-bond acceptors (Lipinski definition) is 4. The zero-order valence-corrected chi connectivity index (χ0v) is 29.1. The van der Waals surface area contributed by atoms with Crippen LogP contribution < -0.4 is 4.90 Å². The molecule has 0 fully saturated rings. The van der Waals surface area contributed by atoms with Crippen LogP contribution in [0.4, 0.5) is 17.3 Å². The molecule has 252 valence electrons. The summed E-state index contributed by atoms with van der Waals surface area (Å²) in [5.74, 6) is 1.80. The maximum Gasteiger partial charge on any atom is 0.238 e. The molecule has 11 rings (SSSR count). The van der Waals surface area contributed by atoms with Crippen molar-refractivity contribution in [3.63, 3.8) is 0 Å². The molecule has 1 aliphatic rings. The van der Waals surface area contributed by atoms with E-state index in [4.69, 9.17) is 15.0 Å². The molecule has 0 bridgehead atoms. The van der Waals surface area contributed by atoms with E-state index in [-0.39, 0.29) is 0 Å². The van der Waals surface area contributed by atoms with Crippen LogP contribution in [-0.2, 0) is 0 Å². The van der Waals surface area contributed by atoms with Gasteiger partial charge in [0.15, 0.2) is 11.6 Å². The number of anilines is 3. The van der Waals surface area contributed by atoms with Crippen LogP contribution in [0.5, 0.6) is 0 Å². The Labute approximate surface area is 312 Å². The molecule has 10 aromatic rings. The SMILES string of the molecule is c1ccc(-c2cccc(-c3nc(-c4cccc5c4c4ccccc4n5-c4ccccc4)nc(N4c5ccccc5-c5cccc6cccc4c56)n3)c2)cc1. The van der Waals surface area contributed by atoms with Crippen LogP contribution in [0.1, 0.15) is 0 Å². The summed E-state index contributed by atoms with van der Waals surface area (Å²) in [6.45, 7) is 0. The van der Waals surface area contributed by atoms with Crippen molar-refractivity contribution >= 4 is 49.9 Å². The largest absolute Gasteiger partial charge is 0.309 e. The number of hydrogen-bond donors (Lipinski definition) is 0. The van der Waals surface area contributed by atoms with Gasteiger partial charge in [0.05, 0.1) is 22.4 Å². The summed E-state index contributed by atoms with van der Waals surface area (Å²) in [6, 6.07) is 66.1. The predicted molar refractivity (Wildman–Crippen MR) is 222 cm³/mol. The number of benzene rings is 8. The Morgan fingerprint density at radius 2 is 0.981 bits per heavy atom. The van der Waals surface area contributed by atoms with Crippen LogP contribution in [0, 0.1) is 0 Å². The fraction of sp³-hybridized carbons (Fsp3) is 0. The van der Waals surface area contributed by atoms with Gasteiger partial charge in [-0.05, 0) is 64.5 Å². The molecule has 0 amide bonds. The van der Waals surface area contributed by atoms with Gasteiger partial charge in [-0.25, -0.2) is 4.98 Å². The van der Waals surface area contributed by atoms with Gasteiger partial charge in [-0.1, -0.05) is 146 Å². The maximum atomic E-state index is 5.43. The third-order valence-corrected chi connectivity index (χ3v) is 10.6. The van der Waals surface area contributed by atoms with Crippen LogP contribution in [0.15, 0.2) is 188 Å². The van der Waals surface area contributed by atoms with E-state index in [1.54, 1.807) is 0 Å². The second kappa shape index (κ2) is 12.1. The summed E-state index contributed by atoms with van der Waals surface area (Å²) >= 11 is 0. The lowest BCUT2D eigenvalue weighted by atomic mass is 9.91. The number of aromatic nitrogens is 4. The zero-order chi connectivity index (χ0) is 35.6. The Balaban J connectivity index is 1.21. The summed E-state index contributed by atoms with van der Waals surface area (Å²) in [4.78, 5) is 18.3. The van der Waals surface area contributed by atoms with Gasteiger partial charge in [0.2, 0.25) is 5.95 Å². The van der Waals surface area contributed by atoms with Gasteiger partial charge in [-0.3, -0.25) is 4.90 Å². The summed E-state index contributed by atoms with van der Waals surface area (Å²) in [6.07, 6.45) is 0. The fourth-order valence-electron chi connectivity index (χ4n) is 8.22. The standard InChI is InChI=1S/C49H31N5/c1-3-15-32(16-4-1)34-19-11-20-35(31-34)47-50-48(40-26-14-30-44-46(40)39-24-8-10-28-42(39)53(44)36-21-5-2-6-22-36)52-49(51-47)54-41-27-9-7-23-37(41)38-25-12-17-33-18-13-29-43(54)45(33)38/h1-31H. The Kier molecular flexibility index (Phi) is 6.79. The number of rotatable bonds is 5. The average Bonchev–Trinajstić information content (AvgIpc) is 3.59. The third kappa shape index (κ3) is 4.69. The molecule has 0 aliphatic carbocycles. The van der Waals surface area contributed by atoms with E-state index in [0.29, 0.717) is 17.6 Å². The first-order valence-electron chi connectivity index (χ1n) is 18.2. The van der Waals surface area contributed by atoms with Crippen LogP contribution in [0.3, 0.4) is 0 Å². The molecule has 0 saturated heterocycles. The second-order valence-corrected chi connectivity index (χ2v) is 13.7. The zero-order valence-electron chi connectivity index (χ0n) is 29.1. The lowest BCUT2D eigenvalue weighted by molar-refractivity contribution is 1.02. The van der Waals surface area contributed by atoms with Gasteiger partial charge >= 0.3 is 0 Å². The van der Waals surface area contributed by atoms with Crippen molar-refractivity contribution in [2.24, 2.45) is 0 Å². The minimum atomic E-state index is 0.568. The van der Waals surface area contributed by atoms with Gasteiger partial charge in [-0.15, -0.1) is 0 Å². The molecule has 3 heterocycles. The topological polar surface area (TPSA) is 46.8 Å². The lowest BCUT2D eigenvalue weighted by Gasteiger charge is -2.32. The van der Waals surface area contributed by atoms with E-state index in [0.717, 1.165) is 66.7 Å². The molecule has 5 heteroatoms. The first-order chi connectivity index (χ1) is 26.8. The molecule has 0 radical (unpaired) electrons. The third-order valence-electron chi connectivity index (χ3n) is 10.6. The highest BCUT2D eigenvalue weighted by atomic mass is 15.3.